The second-order valence-corrected chi connectivity index (χ2v) is 15.3. The average molecular weight is 780 g/mol. The number of rotatable bonds is 37. The summed E-state index contributed by atoms with van der Waals surface area (Å²) in [6.45, 7) is 3.55. The first-order valence-corrected chi connectivity index (χ1v) is 22.4. The molecule has 10 nitrogen and oxygen atoms in total. The molecule has 1 rings (SSSR count). The standard InChI is InChI=1S/C43H74NO9P/c1-3-5-7-9-11-13-15-17-18-19-21-23-25-27-29-33-42(45)49-37-39(38-51-54(47,48)50-36-35-44)52-43(46)34-30-32-41-40(53-41)31-28-26-24-22-20-16-14-12-10-8-6-4-2/h11-14,17-18,20,22,26,28,39-41H,3-10,15-16,19,21,23-25,27,29-38,44H2,1-2H3,(H,47,48)/b13-11-,14-12-,18-17-,22-20-,28-26-/t39-,40?,41?/m1/s1. The summed E-state index contributed by atoms with van der Waals surface area (Å²) in [6.07, 6.45) is 42.7. The predicted molar refractivity (Wildman–Crippen MR) is 219 cm³/mol. The van der Waals surface area contributed by atoms with Crippen LogP contribution in [0.25, 0.3) is 0 Å². The number of allylic oxidation sites excluding steroid dienone is 9. The Hall–Kier alpha value is -2.33. The minimum Gasteiger partial charge on any atom is -0.462 e. The van der Waals surface area contributed by atoms with Crippen LogP contribution in [0.1, 0.15) is 155 Å². The maximum Gasteiger partial charge on any atom is 0.472 e. The Kier molecular flexibility index (Phi) is 32.3. The van der Waals surface area contributed by atoms with E-state index in [1.807, 2.05) is 0 Å². The molecule has 4 atom stereocenters. The summed E-state index contributed by atoms with van der Waals surface area (Å²) >= 11 is 0. The third-order valence-corrected chi connectivity index (χ3v) is 9.78. The fraction of sp³-hybridized carbons (Fsp3) is 0.721. The number of esters is 2. The molecule has 1 heterocycles. The van der Waals surface area contributed by atoms with E-state index in [9.17, 15) is 19.0 Å². The Labute approximate surface area is 327 Å². The van der Waals surface area contributed by atoms with Gasteiger partial charge in [0.15, 0.2) is 6.10 Å². The summed E-state index contributed by atoms with van der Waals surface area (Å²) in [5.74, 6) is -0.927. The molecule has 54 heavy (non-hydrogen) atoms. The molecule has 1 aliphatic heterocycles. The molecule has 3 N–H and O–H groups in total. The van der Waals surface area contributed by atoms with Crippen LogP contribution in [0.5, 0.6) is 0 Å². The molecule has 0 aromatic rings. The van der Waals surface area contributed by atoms with Gasteiger partial charge in [-0.15, -0.1) is 0 Å². The Morgan fingerprint density at radius 3 is 1.81 bits per heavy atom. The monoisotopic (exact) mass is 780 g/mol. The molecule has 1 fully saturated rings. The highest BCUT2D eigenvalue weighted by molar-refractivity contribution is 7.47. The molecule has 310 valence electrons. The molecule has 0 aromatic carbocycles. The Morgan fingerprint density at radius 2 is 1.20 bits per heavy atom. The first kappa shape index (κ1) is 49.7. The van der Waals surface area contributed by atoms with Gasteiger partial charge in [0.05, 0.1) is 25.4 Å². The smallest absolute Gasteiger partial charge is 0.462 e. The fourth-order valence-corrected chi connectivity index (χ4v) is 6.34. The van der Waals surface area contributed by atoms with Crippen LogP contribution in [0.4, 0.5) is 0 Å². The maximum atomic E-state index is 12.6. The van der Waals surface area contributed by atoms with Gasteiger partial charge in [-0.1, -0.05) is 120 Å². The van der Waals surface area contributed by atoms with E-state index in [0.717, 1.165) is 70.6 Å². The number of unbranched alkanes of at least 4 members (excludes halogenated alkanes) is 11. The number of ether oxygens (including phenoxy) is 3. The molecule has 1 aliphatic rings. The summed E-state index contributed by atoms with van der Waals surface area (Å²) in [7, 11) is -4.41. The highest BCUT2D eigenvalue weighted by Gasteiger charge is 2.36. The minimum absolute atomic E-state index is 0.0364. The number of epoxide rings is 1. The zero-order valence-electron chi connectivity index (χ0n) is 33.6. The molecule has 0 bridgehead atoms. The van der Waals surface area contributed by atoms with Crippen molar-refractivity contribution in [2.24, 2.45) is 5.73 Å². The Balaban J connectivity index is 2.27. The lowest BCUT2D eigenvalue weighted by Crippen LogP contribution is -2.29. The van der Waals surface area contributed by atoms with Gasteiger partial charge in [0.2, 0.25) is 0 Å². The topological polar surface area (TPSA) is 147 Å². The van der Waals surface area contributed by atoms with Crippen LogP contribution in [0.3, 0.4) is 0 Å². The molecular formula is C43H74NO9P. The summed E-state index contributed by atoms with van der Waals surface area (Å²) in [4.78, 5) is 34.9. The van der Waals surface area contributed by atoms with Crippen LogP contribution in [-0.2, 0) is 37.4 Å². The molecular weight excluding hydrogens is 705 g/mol. The van der Waals surface area contributed by atoms with Crippen molar-refractivity contribution in [2.75, 3.05) is 26.4 Å². The number of carbonyl (C=O) groups excluding carboxylic acids is 2. The lowest BCUT2D eigenvalue weighted by molar-refractivity contribution is -0.161. The van der Waals surface area contributed by atoms with Crippen molar-refractivity contribution >= 4 is 19.8 Å². The van der Waals surface area contributed by atoms with Crippen LogP contribution >= 0.6 is 7.82 Å². The summed E-state index contributed by atoms with van der Waals surface area (Å²) in [5, 5.41) is 0. The van der Waals surface area contributed by atoms with E-state index >= 15 is 0 Å². The summed E-state index contributed by atoms with van der Waals surface area (Å²) in [5.41, 5.74) is 5.34. The zero-order chi connectivity index (χ0) is 39.4. The van der Waals surface area contributed by atoms with E-state index in [1.54, 1.807) is 0 Å². The first-order chi connectivity index (χ1) is 26.3. The van der Waals surface area contributed by atoms with Gasteiger partial charge in [0, 0.05) is 19.4 Å². The van der Waals surface area contributed by atoms with Crippen LogP contribution in [-0.4, -0.2) is 61.5 Å². The van der Waals surface area contributed by atoms with E-state index in [1.165, 1.54) is 44.9 Å². The van der Waals surface area contributed by atoms with Gasteiger partial charge < -0.3 is 24.8 Å². The number of phosphoric acid groups is 1. The van der Waals surface area contributed by atoms with E-state index < -0.39 is 32.5 Å². The van der Waals surface area contributed by atoms with Crippen LogP contribution in [0.2, 0.25) is 0 Å². The van der Waals surface area contributed by atoms with Gasteiger partial charge in [-0.05, 0) is 83.5 Å². The van der Waals surface area contributed by atoms with Crippen LogP contribution < -0.4 is 5.73 Å². The first-order valence-electron chi connectivity index (χ1n) is 20.9. The quantitative estimate of drug-likeness (QED) is 0.0205. The van der Waals surface area contributed by atoms with Gasteiger partial charge in [-0.2, -0.15) is 0 Å². The van der Waals surface area contributed by atoms with Gasteiger partial charge >= 0.3 is 19.8 Å². The summed E-state index contributed by atoms with van der Waals surface area (Å²) in [6, 6.07) is 0. The normalized spacial score (nSPS) is 17.7. The van der Waals surface area contributed by atoms with Crippen molar-refractivity contribution in [1.82, 2.24) is 0 Å². The molecule has 1 saturated heterocycles. The van der Waals surface area contributed by atoms with Crippen molar-refractivity contribution in [3.05, 3.63) is 60.8 Å². The highest BCUT2D eigenvalue weighted by atomic mass is 31.2. The van der Waals surface area contributed by atoms with E-state index in [-0.39, 0.29) is 44.8 Å². The molecule has 0 aliphatic carbocycles. The van der Waals surface area contributed by atoms with Crippen molar-refractivity contribution in [1.29, 1.82) is 0 Å². The maximum absolute atomic E-state index is 12.6. The van der Waals surface area contributed by atoms with Gasteiger partial charge in [0.25, 0.3) is 0 Å². The SMILES string of the molecule is CCCCC/C=C\C/C=C\C/C=C\CC1OC1CCCC(=O)O[C@H](COC(=O)CCCCCCC/C=C\C/C=C\CCCCC)COP(=O)(O)OCCN. The lowest BCUT2D eigenvalue weighted by atomic mass is 10.1. The predicted octanol–water partition coefficient (Wildman–Crippen LogP) is 10.7. The number of hydrogen-bond acceptors (Lipinski definition) is 9. The molecule has 3 unspecified atom stereocenters. The van der Waals surface area contributed by atoms with E-state index in [2.05, 4.69) is 74.6 Å². The molecule has 0 saturated carbocycles. The van der Waals surface area contributed by atoms with Crippen molar-refractivity contribution < 1.29 is 42.3 Å². The van der Waals surface area contributed by atoms with Gasteiger partial charge in [-0.25, -0.2) is 4.57 Å². The second-order valence-electron chi connectivity index (χ2n) is 13.9. The summed E-state index contributed by atoms with van der Waals surface area (Å²) < 4.78 is 38.5. The second kappa shape index (κ2) is 35.1. The highest BCUT2D eigenvalue weighted by Crippen LogP contribution is 2.43. The van der Waals surface area contributed by atoms with Crippen molar-refractivity contribution in [2.45, 2.75) is 173 Å². The van der Waals surface area contributed by atoms with Crippen LogP contribution in [0, 0.1) is 0 Å². The number of phosphoric ester groups is 1. The van der Waals surface area contributed by atoms with Gasteiger partial charge in [0.1, 0.15) is 6.61 Å². The Morgan fingerprint density at radius 1 is 0.667 bits per heavy atom. The third kappa shape index (κ3) is 32.0. The lowest BCUT2D eigenvalue weighted by Gasteiger charge is -2.19. The number of nitrogens with two attached hydrogens (primary N) is 1. The number of carbonyl (C=O) groups is 2. The molecule has 0 radical (unpaired) electrons. The molecule has 0 spiro atoms. The third-order valence-electron chi connectivity index (χ3n) is 8.80. The van der Waals surface area contributed by atoms with Crippen molar-refractivity contribution in [3.63, 3.8) is 0 Å². The van der Waals surface area contributed by atoms with Gasteiger partial charge in [-0.3, -0.25) is 18.6 Å². The fourth-order valence-electron chi connectivity index (χ4n) is 5.57. The van der Waals surface area contributed by atoms with Crippen LogP contribution in [0.15, 0.2) is 60.8 Å². The van der Waals surface area contributed by atoms with E-state index in [4.69, 9.17) is 29.0 Å². The van der Waals surface area contributed by atoms with Crippen molar-refractivity contribution in [3.8, 4) is 0 Å². The minimum atomic E-state index is -4.41. The Bertz CT molecular complexity index is 1140. The average Bonchev–Trinajstić information content (AvgIpc) is 3.91. The molecule has 11 heteroatoms. The molecule has 0 amide bonds. The number of hydrogen-bond donors (Lipinski definition) is 2. The molecule has 0 aromatic heterocycles. The largest absolute Gasteiger partial charge is 0.472 e. The zero-order valence-corrected chi connectivity index (χ0v) is 34.5. The van der Waals surface area contributed by atoms with E-state index in [0.29, 0.717) is 12.8 Å².